The molecule has 50 heavy (non-hydrogen) atoms. The molecule has 0 fully saturated rings. The number of carboxylic acids is 1. The Morgan fingerprint density at radius 2 is 1.78 bits per heavy atom. The third kappa shape index (κ3) is 5.38. The molecule has 3 aromatic heterocycles. The summed E-state index contributed by atoms with van der Waals surface area (Å²) in [4.78, 5) is 31.3. The number of aromatic hydroxyl groups is 1. The van der Waals surface area contributed by atoms with Gasteiger partial charge in [0.05, 0.1) is 34.0 Å². The van der Waals surface area contributed by atoms with Crippen molar-refractivity contribution in [3.63, 3.8) is 0 Å². The Kier molecular flexibility index (Phi) is 8.35. The zero-order valence-electron chi connectivity index (χ0n) is 28.6. The fraction of sp³-hybridized carbons (Fsp3) is 0.289. The number of anilines is 1. The van der Waals surface area contributed by atoms with Gasteiger partial charge in [0.25, 0.3) is 5.91 Å². The van der Waals surface area contributed by atoms with Gasteiger partial charge < -0.3 is 29.4 Å². The van der Waals surface area contributed by atoms with Crippen molar-refractivity contribution in [3.05, 3.63) is 92.0 Å². The summed E-state index contributed by atoms with van der Waals surface area (Å²) in [6.45, 7) is 10.6. The summed E-state index contributed by atoms with van der Waals surface area (Å²) in [5.41, 5.74) is 8.49. The first-order valence-corrected chi connectivity index (χ1v) is 17.2. The highest BCUT2D eigenvalue weighted by molar-refractivity contribution is 6.35. The van der Waals surface area contributed by atoms with Crippen LogP contribution in [0, 0.1) is 27.7 Å². The zero-order chi connectivity index (χ0) is 35.8. The first kappa shape index (κ1) is 33.6. The van der Waals surface area contributed by atoms with E-state index in [-0.39, 0.29) is 29.9 Å². The van der Waals surface area contributed by atoms with Crippen molar-refractivity contribution < 1.29 is 24.5 Å². The Hall–Kier alpha value is -4.93. The summed E-state index contributed by atoms with van der Waals surface area (Å²) in [6.07, 6.45) is 1.15. The highest BCUT2D eigenvalue weighted by Gasteiger charge is 2.37. The Bertz CT molecular complexity index is 2360. The standard InChI is InChI=1S/C38H37Cl2N5O5/c1-18-12-25(13-19(2)33(18)40)50-11-7-8-26-27-9-10-28(39)32(31-21(4)42-43(6)22(31)5)35(27)45-20(3)17-44(37(47)36(26)45)30-16-24(46)14-23-15-29(38(48)49)41-34(23)30/h9-10,12-16,20,41,46H,7-8,11,17H2,1-6H3,(H,48,49)/t20-/m1/s1. The molecule has 0 bridgehead atoms. The summed E-state index contributed by atoms with van der Waals surface area (Å²) < 4.78 is 10.1. The molecule has 258 valence electrons. The van der Waals surface area contributed by atoms with Gasteiger partial charge in [-0.15, -0.1) is 0 Å². The first-order valence-electron chi connectivity index (χ1n) is 16.4. The molecule has 0 unspecified atom stereocenters. The van der Waals surface area contributed by atoms with E-state index in [9.17, 15) is 19.8 Å². The summed E-state index contributed by atoms with van der Waals surface area (Å²) >= 11 is 13.4. The Morgan fingerprint density at radius 3 is 2.44 bits per heavy atom. The number of benzene rings is 3. The molecule has 1 atom stereocenters. The number of nitrogens with zero attached hydrogens (tertiary/aromatic N) is 4. The van der Waals surface area contributed by atoms with E-state index in [1.807, 2.05) is 70.6 Å². The topological polar surface area (TPSA) is 126 Å². The second kappa shape index (κ2) is 12.4. The van der Waals surface area contributed by atoms with Crippen molar-refractivity contribution in [2.45, 2.75) is 53.5 Å². The zero-order valence-corrected chi connectivity index (χ0v) is 30.1. The minimum Gasteiger partial charge on any atom is -0.508 e. The van der Waals surface area contributed by atoms with Crippen LogP contribution in [0.15, 0.2) is 42.5 Å². The molecule has 1 amide bonds. The van der Waals surface area contributed by atoms with E-state index in [2.05, 4.69) is 14.6 Å². The van der Waals surface area contributed by atoms with Crippen LogP contribution in [0.25, 0.3) is 32.9 Å². The van der Waals surface area contributed by atoms with E-state index in [0.717, 1.165) is 60.9 Å². The lowest BCUT2D eigenvalue weighted by atomic mass is 9.98. The SMILES string of the molecule is Cc1cc(OCCCc2c3n(c4c(-c5c(C)nn(C)c5C)c(Cl)ccc24)[C@H](C)CN(c2cc(O)cc4cc(C(=O)O)[nH]c24)C3=O)cc(C)c1Cl. The number of aromatic nitrogens is 4. The van der Waals surface area contributed by atoms with Gasteiger partial charge in [-0.3, -0.25) is 9.48 Å². The van der Waals surface area contributed by atoms with E-state index in [0.29, 0.717) is 46.8 Å². The van der Waals surface area contributed by atoms with Crippen LogP contribution in [0.2, 0.25) is 10.0 Å². The lowest BCUT2D eigenvalue weighted by Gasteiger charge is -2.34. The molecule has 0 radical (unpaired) electrons. The fourth-order valence-electron chi connectivity index (χ4n) is 7.47. The minimum atomic E-state index is -1.14. The van der Waals surface area contributed by atoms with Gasteiger partial charge in [-0.2, -0.15) is 5.10 Å². The summed E-state index contributed by atoms with van der Waals surface area (Å²) in [6, 6.07) is 11.9. The molecule has 0 saturated carbocycles. The van der Waals surface area contributed by atoms with Gasteiger partial charge in [0.1, 0.15) is 22.9 Å². The molecular formula is C38H37Cl2N5O5. The van der Waals surface area contributed by atoms with Gasteiger partial charge in [0, 0.05) is 58.3 Å². The van der Waals surface area contributed by atoms with E-state index in [1.54, 1.807) is 4.90 Å². The van der Waals surface area contributed by atoms with Gasteiger partial charge in [-0.25, -0.2) is 4.79 Å². The second-order valence-electron chi connectivity index (χ2n) is 13.2. The van der Waals surface area contributed by atoms with Crippen LogP contribution in [0.5, 0.6) is 11.5 Å². The number of hydrogen-bond acceptors (Lipinski definition) is 5. The molecule has 1 aliphatic rings. The molecule has 0 spiro atoms. The van der Waals surface area contributed by atoms with Gasteiger partial charge in [-0.1, -0.05) is 29.3 Å². The number of carboxylic acid groups (broad SMARTS) is 1. The Morgan fingerprint density at radius 1 is 1.06 bits per heavy atom. The number of amides is 1. The van der Waals surface area contributed by atoms with Crippen LogP contribution in [-0.2, 0) is 13.5 Å². The molecule has 10 nitrogen and oxygen atoms in total. The molecule has 0 saturated heterocycles. The summed E-state index contributed by atoms with van der Waals surface area (Å²) in [5.74, 6) is -0.736. The molecule has 7 rings (SSSR count). The van der Waals surface area contributed by atoms with E-state index in [4.69, 9.17) is 27.9 Å². The van der Waals surface area contributed by atoms with Gasteiger partial charge in [-0.05, 0) is 94.5 Å². The number of ether oxygens (including phenoxy) is 1. The molecule has 1 aliphatic heterocycles. The second-order valence-corrected chi connectivity index (χ2v) is 14.0. The van der Waals surface area contributed by atoms with Crippen molar-refractivity contribution in [3.8, 4) is 22.6 Å². The average molecular weight is 715 g/mol. The van der Waals surface area contributed by atoms with Crippen LogP contribution in [-0.4, -0.2) is 54.6 Å². The van der Waals surface area contributed by atoms with Gasteiger partial charge >= 0.3 is 5.97 Å². The third-order valence-corrected chi connectivity index (χ3v) is 10.7. The molecule has 6 aromatic rings. The smallest absolute Gasteiger partial charge is 0.352 e. The third-order valence-electron chi connectivity index (χ3n) is 9.78. The van der Waals surface area contributed by atoms with Crippen molar-refractivity contribution in [1.29, 1.82) is 0 Å². The Labute approximate surface area is 298 Å². The molecule has 0 aliphatic carbocycles. The number of aromatic carboxylic acids is 1. The molecule has 4 heterocycles. The average Bonchev–Trinajstić information content (AvgIpc) is 3.71. The number of nitrogens with one attached hydrogen (secondary N) is 1. The van der Waals surface area contributed by atoms with Crippen molar-refractivity contribution >= 4 is 62.6 Å². The summed E-state index contributed by atoms with van der Waals surface area (Å²) in [5, 5.41) is 27.7. The predicted molar refractivity (Wildman–Crippen MR) is 197 cm³/mol. The number of halogens is 2. The van der Waals surface area contributed by atoms with Crippen molar-refractivity contribution in [1.82, 2.24) is 19.3 Å². The largest absolute Gasteiger partial charge is 0.508 e. The highest BCUT2D eigenvalue weighted by atomic mass is 35.5. The number of aryl methyl sites for hydroxylation is 5. The molecular weight excluding hydrogens is 677 g/mol. The maximum Gasteiger partial charge on any atom is 0.352 e. The molecule has 3 N–H and O–H groups in total. The Balaban J connectivity index is 1.38. The lowest BCUT2D eigenvalue weighted by Crippen LogP contribution is -2.42. The fourth-order valence-corrected chi connectivity index (χ4v) is 7.83. The van der Waals surface area contributed by atoms with E-state index >= 15 is 0 Å². The van der Waals surface area contributed by atoms with Gasteiger partial charge in [0.2, 0.25) is 0 Å². The molecule has 12 heteroatoms. The number of phenolic OH excluding ortho intramolecular Hbond substituents is 1. The van der Waals surface area contributed by atoms with Crippen LogP contribution in [0.3, 0.4) is 0 Å². The maximum atomic E-state index is 14.9. The summed E-state index contributed by atoms with van der Waals surface area (Å²) in [7, 11) is 1.90. The molecule has 3 aromatic carbocycles. The highest BCUT2D eigenvalue weighted by Crippen LogP contribution is 2.46. The van der Waals surface area contributed by atoms with E-state index < -0.39 is 5.97 Å². The minimum absolute atomic E-state index is 0.0354. The monoisotopic (exact) mass is 713 g/mol. The predicted octanol–water partition coefficient (Wildman–Crippen LogP) is 8.70. The van der Waals surface area contributed by atoms with Crippen molar-refractivity contribution in [2.24, 2.45) is 7.05 Å². The number of H-pyrrole nitrogens is 1. The van der Waals surface area contributed by atoms with E-state index in [1.165, 1.54) is 18.2 Å². The number of phenols is 1. The number of fused-ring (bicyclic) bond motifs is 4. The first-order chi connectivity index (χ1) is 23.8. The number of carbonyl (C=O) groups excluding carboxylic acids is 1. The normalized spacial score (nSPS) is 14.6. The maximum absolute atomic E-state index is 14.9. The van der Waals surface area contributed by atoms with Crippen LogP contribution < -0.4 is 9.64 Å². The van der Waals surface area contributed by atoms with Crippen LogP contribution >= 0.6 is 23.2 Å². The van der Waals surface area contributed by atoms with Crippen LogP contribution in [0.4, 0.5) is 5.69 Å². The van der Waals surface area contributed by atoms with Gasteiger partial charge in [0.15, 0.2) is 0 Å². The quantitative estimate of drug-likeness (QED) is 0.136. The number of carbonyl (C=O) groups is 2. The number of hydrogen-bond donors (Lipinski definition) is 3. The number of rotatable bonds is 8. The van der Waals surface area contributed by atoms with Crippen molar-refractivity contribution in [2.75, 3.05) is 18.1 Å². The van der Waals surface area contributed by atoms with Crippen LogP contribution in [0.1, 0.15) is 68.4 Å². The number of aromatic amines is 1. The lowest BCUT2D eigenvalue weighted by molar-refractivity contribution is 0.0691.